The summed E-state index contributed by atoms with van der Waals surface area (Å²) in [6.45, 7) is 1.40. The van der Waals surface area contributed by atoms with Crippen molar-refractivity contribution in [3.63, 3.8) is 0 Å². The first kappa shape index (κ1) is 19.4. The standard InChI is InChI=1S/C18H14N2O7S/c1-10(17(22)26-2)19-16(21)15(28-18(19)23)9-13-6-7-14(27-13)11-4-3-5-12(8-11)20(24)25/h3-10H,1-2H3/b15-9+/t10-/m1/s1. The molecule has 0 N–H and O–H groups in total. The number of non-ortho nitro benzene ring substituents is 1. The lowest BCUT2D eigenvalue weighted by molar-refractivity contribution is -0.384. The van der Waals surface area contributed by atoms with Gasteiger partial charge in [-0.25, -0.2) is 4.79 Å². The molecule has 0 bridgehead atoms. The van der Waals surface area contributed by atoms with Crippen molar-refractivity contribution in [2.75, 3.05) is 7.11 Å². The molecule has 10 heteroatoms. The molecule has 0 spiro atoms. The van der Waals surface area contributed by atoms with E-state index in [1.807, 2.05) is 0 Å². The summed E-state index contributed by atoms with van der Waals surface area (Å²) >= 11 is 0.686. The highest BCUT2D eigenvalue weighted by molar-refractivity contribution is 8.18. The van der Waals surface area contributed by atoms with E-state index in [2.05, 4.69) is 4.74 Å². The summed E-state index contributed by atoms with van der Waals surface area (Å²) in [5.74, 6) is -0.662. The first-order valence-corrected chi connectivity index (χ1v) is 8.83. The summed E-state index contributed by atoms with van der Waals surface area (Å²) in [5.41, 5.74) is 0.426. The average Bonchev–Trinajstić information content (AvgIpc) is 3.25. The molecule has 0 aliphatic carbocycles. The van der Waals surface area contributed by atoms with Crippen molar-refractivity contribution in [3.05, 3.63) is 57.2 Å². The largest absolute Gasteiger partial charge is 0.467 e. The van der Waals surface area contributed by atoms with Gasteiger partial charge < -0.3 is 9.15 Å². The van der Waals surface area contributed by atoms with Crippen LogP contribution in [0.25, 0.3) is 17.4 Å². The summed E-state index contributed by atoms with van der Waals surface area (Å²) in [4.78, 5) is 47.5. The predicted octanol–water partition coefficient (Wildman–Crippen LogP) is 3.45. The van der Waals surface area contributed by atoms with Crippen molar-refractivity contribution in [1.82, 2.24) is 4.90 Å². The van der Waals surface area contributed by atoms with Crippen LogP contribution in [0.2, 0.25) is 0 Å². The molecule has 28 heavy (non-hydrogen) atoms. The Labute approximate surface area is 163 Å². The minimum Gasteiger partial charge on any atom is -0.467 e. The monoisotopic (exact) mass is 402 g/mol. The van der Waals surface area contributed by atoms with Crippen molar-refractivity contribution in [1.29, 1.82) is 0 Å². The Bertz CT molecular complexity index is 1010. The quantitative estimate of drug-likeness (QED) is 0.323. The molecule has 2 amide bonds. The van der Waals surface area contributed by atoms with Gasteiger partial charge in [-0.3, -0.25) is 24.6 Å². The van der Waals surface area contributed by atoms with Crippen molar-refractivity contribution in [2.24, 2.45) is 0 Å². The number of hydrogen-bond acceptors (Lipinski definition) is 8. The minimum atomic E-state index is -1.04. The first-order valence-electron chi connectivity index (χ1n) is 8.01. The summed E-state index contributed by atoms with van der Waals surface area (Å²) < 4.78 is 10.2. The molecule has 0 radical (unpaired) electrons. The third-order valence-electron chi connectivity index (χ3n) is 3.99. The van der Waals surface area contributed by atoms with Crippen LogP contribution in [0.1, 0.15) is 12.7 Å². The second-order valence-electron chi connectivity index (χ2n) is 5.76. The highest BCUT2D eigenvalue weighted by atomic mass is 32.2. The highest BCUT2D eigenvalue weighted by Gasteiger charge is 2.41. The fourth-order valence-electron chi connectivity index (χ4n) is 2.58. The van der Waals surface area contributed by atoms with E-state index in [1.54, 1.807) is 18.2 Å². The first-order chi connectivity index (χ1) is 13.3. The van der Waals surface area contributed by atoms with Crippen LogP contribution in [0.3, 0.4) is 0 Å². The minimum absolute atomic E-state index is 0.0756. The van der Waals surface area contributed by atoms with Crippen molar-refractivity contribution < 1.29 is 28.5 Å². The number of carbonyl (C=O) groups is 3. The third-order valence-corrected chi connectivity index (χ3v) is 4.88. The van der Waals surface area contributed by atoms with E-state index >= 15 is 0 Å². The molecule has 1 aliphatic heterocycles. The fraction of sp³-hybridized carbons (Fsp3) is 0.167. The number of esters is 1. The summed E-state index contributed by atoms with van der Waals surface area (Å²) in [6.07, 6.45) is 1.38. The molecule has 1 aromatic carbocycles. The molecule has 1 saturated heterocycles. The van der Waals surface area contributed by atoms with Gasteiger partial charge in [0, 0.05) is 23.8 Å². The second kappa shape index (κ2) is 7.69. The zero-order valence-corrected chi connectivity index (χ0v) is 15.6. The van der Waals surface area contributed by atoms with E-state index < -0.39 is 28.1 Å². The maximum atomic E-state index is 12.5. The van der Waals surface area contributed by atoms with Gasteiger partial charge in [-0.05, 0) is 30.8 Å². The Morgan fingerprint density at radius 2 is 2.07 bits per heavy atom. The normalized spacial score (nSPS) is 16.5. The SMILES string of the molecule is COC(=O)[C@@H](C)N1C(=O)S/C(=C/c2ccc(-c3cccc([N+](=O)[O-])c3)o2)C1=O. The molecule has 1 atom stereocenters. The number of rotatable bonds is 5. The average molecular weight is 402 g/mol. The van der Waals surface area contributed by atoms with E-state index in [-0.39, 0.29) is 16.4 Å². The van der Waals surface area contributed by atoms with E-state index in [0.717, 1.165) is 4.90 Å². The van der Waals surface area contributed by atoms with Crippen LogP contribution in [0.4, 0.5) is 10.5 Å². The number of amides is 2. The number of hydrogen-bond donors (Lipinski definition) is 0. The van der Waals surface area contributed by atoms with E-state index in [0.29, 0.717) is 23.1 Å². The summed E-state index contributed by atoms with van der Waals surface area (Å²) in [6, 6.07) is 8.07. The van der Waals surface area contributed by atoms with E-state index in [4.69, 9.17) is 4.42 Å². The summed E-state index contributed by atoms with van der Waals surface area (Å²) in [5, 5.41) is 10.3. The number of methoxy groups -OCH3 is 1. The van der Waals surface area contributed by atoms with Gasteiger partial charge in [0.05, 0.1) is 16.9 Å². The zero-order valence-electron chi connectivity index (χ0n) is 14.8. The molecular weight excluding hydrogens is 388 g/mol. The maximum Gasteiger partial charge on any atom is 0.328 e. The number of nitro groups is 1. The number of furan rings is 1. The lowest BCUT2D eigenvalue weighted by atomic mass is 10.1. The number of carbonyl (C=O) groups excluding carboxylic acids is 3. The zero-order chi connectivity index (χ0) is 20.4. The van der Waals surface area contributed by atoms with Crippen LogP contribution < -0.4 is 0 Å². The van der Waals surface area contributed by atoms with Crippen LogP contribution in [-0.2, 0) is 14.3 Å². The molecule has 2 heterocycles. The van der Waals surface area contributed by atoms with Crippen LogP contribution in [-0.4, -0.2) is 40.1 Å². The highest BCUT2D eigenvalue weighted by Crippen LogP contribution is 2.35. The Balaban J connectivity index is 1.85. The molecule has 9 nitrogen and oxygen atoms in total. The van der Waals surface area contributed by atoms with Crippen LogP contribution in [0.15, 0.2) is 45.7 Å². The Morgan fingerprint density at radius 1 is 1.32 bits per heavy atom. The number of imide groups is 1. The van der Waals surface area contributed by atoms with E-state index in [1.165, 1.54) is 38.3 Å². The van der Waals surface area contributed by atoms with Gasteiger partial charge in [0.1, 0.15) is 17.6 Å². The van der Waals surface area contributed by atoms with Crippen molar-refractivity contribution in [3.8, 4) is 11.3 Å². The Morgan fingerprint density at radius 3 is 2.75 bits per heavy atom. The van der Waals surface area contributed by atoms with Gasteiger partial charge in [0.2, 0.25) is 0 Å². The second-order valence-corrected chi connectivity index (χ2v) is 6.75. The van der Waals surface area contributed by atoms with Gasteiger partial charge in [-0.1, -0.05) is 12.1 Å². The molecule has 1 aliphatic rings. The van der Waals surface area contributed by atoms with Crippen molar-refractivity contribution >= 4 is 40.6 Å². The smallest absolute Gasteiger partial charge is 0.328 e. The fourth-order valence-corrected chi connectivity index (χ4v) is 3.47. The molecule has 1 fully saturated rings. The lowest BCUT2D eigenvalue weighted by Gasteiger charge is -2.18. The summed E-state index contributed by atoms with van der Waals surface area (Å²) in [7, 11) is 1.17. The third kappa shape index (κ3) is 3.67. The maximum absolute atomic E-state index is 12.5. The topological polar surface area (TPSA) is 120 Å². The molecule has 144 valence electrons. The van der Waals surface area contributed by atoms with Crippen LogP contribution in [0, 0.1) is 10.1 Å². The predicted molar refractivity (Wildman–Crippen MR) is 100 cm³/mol. The van der Waals surface area contributed by atoms with Gasteiger partial charge >= 0.3 is 5.97 Å². The molecular formula is C18H14N2O7S. The Hall–Kier alpha value is -3.40. The van der Waals surface area contributed by atoms with Crippen molar-refractivity contribution in [2.45, 2.75) is 13.0 Å². The Kier molecular flexibility index (Phi) is 5.32. The van der Waals surface area contributed by atoms with Gasteiger partial charge in [-0.15, -0.1) is 0 Å². The number of thioether (sulfide) groups is 1. The molecule has 1 aromatic heterocycles. The molecule has 3 rings (SSSR count). The number of benzene rings is 1. The van der Waals surface area contributed by atoms with Gasteiger partial charge in [-0.2, -0.15) is 0 Å². The number of ether oxygens (including phenoxy) is 1. The molecule has 0 saturated carbocycles. The van der Waals surface area contributed by atoms with Gasteiger partial charge in [0.15, 0.2) is 0 Å². The number of nitrogens with zero attached hydrogens (tertiary/aromatic N) is 2. The van der Waals surface area contributed by atoms with Gasteiger partial charge in [0.25, 0.3) is 16.8 Å². The molecule has 2 aromatic rings. The van der Waals surface area contributed by atoms with Crippen LogP contribution >= 0.6 is 11.8 Å². The van der Waals surface area contributed by atoms with E-state index in [9.17, 15) is 24.5 Å². The lowest BCUT2D eigenvalue weighted by Crippen LogP contribution is -2.42. The molecule has 0 unspecified atom stereocenters. The van der Waals surface area contributed by atoms with Crippen LogP contribution in [0.5, 0.6) is 0 Å². The number of nitro benzene ring substituents is 1.